The second-order valence-electron chi connectivity index (χ2n) is 8.64. The Balaban J connectivity index is 1.41. The van der Waals surface area contributed by atoms with E-state index < -0.39 is 11.7 Å². The van der Waals surface area contributed by atoms with E-state index in [1.807, 2.05) is 4.57 Å². The average molecular weight is 392 g/mol. The number of carbonyl (C=O) groups excluding carboxylic acids is 1. The number of alkyl halides is 3. The third-order valence-corrected chi connectivity index (χ3v) is 6.88. The van der Waals surface area contributed by atoms with Gasteiger partial charge in [-0.3, -0.25) is 14.7 Å². The predicted molar refractivity (Wildman–Crippen MR) is 97.6 cm³/mol. The van der Waals surface area contributed by atoms with Crippen LogP contribution in [0.3, 0.4) is 0 Å². The van der Waals surface area contributed by atoms with Crippen LogP contribution in [0.15, 0.2) is 12.3 Å². The van der Waals surface area contributed by atoms with Crippen molar-refractivity contribution in [1.82, 2.24) is 14.5 Å². The number of imidazole rings is 1. The Morgan fingerprint density at radius 2 is 2.04 bits per heavy atom. The fourth-order valence-corrected chi connectivity index (χ4v) is 5.26. The summed E-state index contributed by atoms with van der Waals surface area (Å²) in [6, 6.07) is 1.15. The fraction of sp³-hybridized carbons (Fsp3) is 0.650. The zero-order chi connectivity index (χ0) is 19.5. The third-order valence-electron chi connectivity index (χ3n) is 6.88. The number of nitrogens with zero attached hydrogens (tertiary/aromatic N) is 3. The number of hydrogen-bond acceptors (Lipinski definition) is 3. The quantitative estimate of drug-likeness (QED) is 0.802. The summed E-state index contributed by atoms with van der Waals surface area (Å²) in [5.74, 6) is 2.09. The van der Waals surface area contributed by atoms with Crippen molar-refractivity contribution in [3.63, 3.8) is 0 Å². The van der Waals surface area contributed by atoms with Crippen molar-refractivity contribution in [2.24, 2.45) is 17.8 Å². The molecule has 3 saturated carbocycles. The number of pyridine rings is 1. The van der Waals surface area contributed by atoms with E-state index in [0.29, 0.717) is 29.9 Å². The van der Waals surface area contributed by atoms with Crippen LogP contribution >= 0.6 is 0 Å². The van der Waals surface area contributed by atoms with Gasteiger partial charge in [-0.1, -0.05) is 6.42 Å². The summed E-state index contributed by atoms with van der Waals surface area (Å²) in [5, 5.41) is 2.89. The topological polar surface area (TPSA) is 59.8 Å². The molecule has 28 heavy (non-hydrogen) atoms. The van der Waals surface area contributed by atoms with E-state index >= 15 is 0 Å². The van der Waals surface area contributed by atoms with E-state index in [9.17, 15) is 18.0 Å². The number of amides is 1. The molecular weight excluding hydrogens is 369 g/mol. The minimum atomic E-state index is -4.47. The predicted octanol–water partition coefficient (Wildman–Crippen LogP) is 4.94. The zero-order valence-electron chi connectivity index (χ0n) is 15.5. The Kier molecular flexibility index (Phi) is 4.14. The number of carbonyl (C=O) groups is 1. The van der Waals surface area contributed by atoms with Gasteiger partial charge in [0.1, 0.15) is 5.52 Å². The van der Waals surface area contributed by atoms with Gasteiger partial charge in [-0.05, 0) is 62.3 Å². The molecule has 3 unspecified atom stereocenters. The first kappa shape index (κ1) is 17.9. The molecule has 5 rings (SSSR count). The number of rotatable bonds is 4. The molecule has 0 aromatic carbocycles. The standard InChI is InChI=1S/C20H23F3N4O/c21-20(22,23)14-9-16-18(24-10-14)27(15-2-1-3-15)19(25-16)26-17(28)8-13-7-11-4-5-12(13)6-11/h9-13,15H,1-8H2,(H,25,26,28). The van der Waals surface area contributed by atoms with Gasteiger partial charge in [0.2, 0.25) is 11.9 Å². The van der Waals surface area contributed by atoms with E-state index in [2.05, 4.69) is 15.3 Å². The van der Waals surface area contributed by atoms with Crippen LogP contribution in [0.2, 0.25) is 0 Å². The molecule has 2 heterocycles. The van der Waals surface area contributed by atoms with Gasteiger partial charge in [0, 0.05) is 18.7 Å². The number of fused-ring (bicyclic) bond motifs is 3. The molecule has 1 amide bonds. The number of anilines is 1. The summed E-state index contributed by atoms with van der Waals surface area (Å²) in [5.41, 5.74) is -0.233. The first-order valence-corrected chi connectivity index (χ1v) is 10.1. The summed E-state index contributed by atoms with van der Waals surface area (Å²) in [4.78, 5) is 21.0. The maximum absolute atomic E-state index is 13.0. The Labute approximate surface area is 160 Å². The molecule has 0 saturated heterocycles. The molecule has 0 spiro atoms. The molecule has 2 aromatic heterocycles. The van der Waals surface area contributed by atoms with Crippen LogP contribution < -0.4 is 5.32 Å². The lowest BCUT2D eigenvalue weighted by molar-refractivity contribution is -0.137. The van der Waals surface area contributed by atoms with Gasteiger partial charge in [-0.15, -0.1) is 0 Å². The average Bonchev–Trinajstić information content (AvgIpc) is 3.27. The van der Waals surface area contributed by atoms with Crippen molar-refractivity contribution in [2.45, 2.75) is 63.6 Å². The minimum absolute atomic E-state index is 0.0931. The van der Waals surface area contributed by atoms with E-state index in [1.165, 1.54) is 19.3 Å². The normalized spacial score (nSPS) is 27.3. The van der Waals surface area contributed by atoms with Crippen LogP contribution in [0.5, 0.6) is 0 Å². The molecule has 3 aliphatic rings. The van der Waals surface area contributed by atoms with Crippen LogP contribution in [0.25, 0.3) is 11.2 Å². The zero-order valence-corrected chi connectivity index (χ0v) is 15.5. The second kappa shape index (κ2) is 6.46. The molecule has 3 fully saturated rings. The maximum atomic E-state index is 13.0. The highest BCUT2D eigenvalue weighted by molar-refractivity contribution is 5.91. The molecule has 5 nitrogen and oxygen atoms in total. The van der Waals surface area contributed by atoms with Crippen molar-refractivity contribution < 1.29 is 18.0 Å². The highest BCUT2D eigenvalue weighted by Crippen LogP contribution is 2.49. The Hall–Kier alpha value is -2.12. The Morgan fingerprint density at radius 1 is 1.21 bits per heavy atom. The number of nitrogens with one attached hydrogen (secondary N) is 1. The molecule has 0 radical (unpaired) electrons. The van der Waals surface area contributed by atoms with Gasteiger partial charge in [-0.2, -0.15) is 13.2 Å². The van der Waals surface area contributed by atoms with Crippen molar-refractivity contribution in [2.75, 3.05) is 5.32 Å². The molecular formula is C20H23F3N4O. The molecule has 8 heteroatoms. The van der Waals surface area contributed by atoms with E-state index in [4.69, 9.17) is 0 Å². The van der Waals surface area contributed by atoms with Crippen LogP contribution in [0, 0.1) is 17.8 Å². The summed E-state index contributed by atoms with van der Waals surface area (Å²) in [6.07, 6.45) is 4.61. The van der Waals surface area contributed by atoms with Crippen molar-refractivity contribution in [3.05, 3.63) is 17.8 Å². The monoisotopic (exact) mass is 392 g/mol. The largest absolute Gasteiger partial charge is 0.417 e. The molecule has 3 aliphatic carbocycles. The van der Waals surface area contributed by atoms with Gasteiger partial charge in [0.15, 0.2) is 5.65 Å². The maximum Gasteiger partial charge on any atom is 0.417 e. The van der Waals surface area contributed by atoms with Gasteiger partial charge in [-0.25, -0.2) is 9.97 Å². The van der Waals surface area contributed by atoms with Gasteiger partial charge in [0.25, 0.3) is 0 Å². The molecule has 150 valence electrons. The number of halogens is 3. The van der Waals surface area contributed by atoms with Crippen LogP contribution in [-0.2, 0) is 11.0 Å². The smallest absolute Gasteiger partial charge is 0.296 e. The van der Waals surface area contributed by atoms with Crippen molar-refractivity contribution in [1.29, 1.82) is 0 Å². The molecule has 2 aromatic rings. The summed E-state index contributed by atoms with van der Waals surface area (Å²) in [6.45, 7) is 0. The first-order chi connectivity index (χ1) is 13.4. The SMILES string of the molecule is O=C(CC1CC2CCC1C2)Nc1nc2cc(C(F)(F)F)cnc2n1C1CCC1. The lowest BCUT2D eigenvalue weighted by atomic mass is 9.86. The lowest BCUT2D eigenvalue weighted by Gasteiger charge is -2.28. The van der Waals surface area contributed by atoms with Crippen molar-refractivity contribution in [3.8, 4) is 0 Å². The molecule has 3 atom stereocenters. The van der Waals surface area contributed by atoms with E-state index in [-0.39, 0.29) is 17.5 Å². The van der Waals surface area contributed by atoms with E-state index in [0.717, 1.165) is 43.9 Å². The third kappa shape index (κ3) is 3.06. The fourth-order valence-electron chi connectivity index (χ4n) is 5.26. The van der Waals surface area contributed by atoms with Gasteiger partial charge >= 0.3 is 6.18 Å². The molecule has 2 bridgehead atoms. The van der Waals surface area contributed by atoms with Gasteiger partial charge < -0.3 is 0 Å². The highest BCUT2D eigenvalue weighted by Gasteiger charge is 2.40. The number of hydrogen-bond donors (Lipinski definition) is 1. The minimum Gasteiger partial charge on any atom is -0.296 e. The molecule has 0 aliphatic heterocycles. The van der Waals surface area contributed by atoms with Crippen LogP contribution in [-0.4, -0.2) is 20.4 Å². The Morgan fingerprint density at radius 3 is 2.64 bits per heavy atom. The van der Waals surface area contributed by atoms with E-state index in [1.54, 1.807) is 0 Å². The van der Waals surface area contributed by atoms with Crippen molar-refractivity contribution >= 4 is 23.0 Å². The molecule has 1 N–H and O–H groups in total. The van der Waals surface area contributed by atoms with Crippen LogP contribution in [0.1, 0.15) is 63.0 Å². The van der Waals surface area contributed by atoms with Gasteiger partial charge in [0.05, 0.1) is 5.56 Å². The lowest BCUT2D eigenvalue weighted by Crippen LogP contribution is -2.24. The van der Waals surface area contributed by atoms with Crippen LogP contribution in [0.4, 0.5) is 19.1 Å². The summed E-state index contributed by atoms with van der Waals surface area (Å²) in [7, 11) is 0. The summed E-state index contributed by atoms with van der Waals surface area (Å²) >= 11 is 0. The summed E-state index contributed by atoms with van der Waals surface area (Å²) < 4.78 is 40.9. The second-order valence-corrected chi connectivity index (χ2v) is 8.64. The number of aromatic nitrogens is 3. The highest BCUT2D eigenvalue weighted by atomic mass is 19.4. The Bertz CT molecular complexity index is 918. The first-order valence-electron chi connectivity index (χ1n) is 10.1.